The molecule has 0 amide bonds. The molecule has 0 unspecified atom stereocenters. The number of halogens is 1. The molecule has 0 heterocycles. The maximum Gasteiger partial charge on any atom is 0.328 e. The van der Waals surface area contributed by atoms with Crippen molar-refractivity contribution in [3.63, 3.8) is 0 Å². The van der Waals surface area contributed by atoms with Gasteiger partial charge in [-0.3, -0.25) is 0 Å². The van der Waals surface area contributed by atoms with Crippen LogP contribution in [0.25, 0.3) is 16.5 Å². The van der Waals surface area contributed by atoms with Crippen molar-refractivity contribution in [3.8, 4) is 0 Å². The highest BCUT2D eigenvalue weighted by Gasteiger charge is 1.92. The van der Waals surface area contributed by atoms with Crippen molar-refractivity contribution in [2.75, 3.05) is 0 Å². The number of carboxylic acids is 1. The second kappa shape index (κ2) is 6.37. The SMILES string of the molecule is [N-]=[N+]=Nc1ccc(C=C(Cl)C=CC(=O)O)cc1. The molecule has 0 bridgehead atoms. The van der Waals surface area contributed by atoms with Crippen molar-refractivity contribution in [1.29, 1.82) is 0 Å². The molecule has 1 aromatic rings. The largest absolute Gasteiger partial charge is 0.478 e. The predicted octanol–water partition coefficient (Wildman–Crippen LogP) is 3.85. The van der Waals surface area contributed by atoms with Crippen molar-refractivity contribution >= 4 is 29.3 Å². The highest BCUT2D eigenvalue weighted by molar-refractivity contribution is 6.33. The fourth-order valence-electron chi connectivity index (χ4n) is 1.05. The maximum absolute atomic E-state index is 10.3. The van der Waals surface area contributed by atoms with Gasteiger partial charge in [-0.2, -0.15) is 0 Å². The highest BCUT2D eigenvalue weighted by Crippen LogP contribution is 2.16. The summed E-state index contributed by atoms with van der Waals surface area (Å²) < 4.78 is 0. The lowest BCUT2D eigenvalue weighted by atomic mass is 10.2. The Kier molecular flexibility index (Phi) is 4.81. The van der Waals surface area contributed by atoms with E-state index in [2.05, 4.69) is 10.0 Å². The molecule has 1 N–H and O–H groups in total. The summed E-state index contributed by atoms with van der Waals surface area (Å²) in [7, 11) is 0. The first-order valence-electron chi connectivity index (χ1n) is 4.55. The third-order valence-electron chi connectivity index (χ3n) is 1.74. The minimum Gasteiger partial charge on any atom is -0.478 e. The molecule has 0 atom stereocenters. The van der Waals surface area contributed by atoms with E-state index >= 15 is 0 Å². The van der Waals surface area contributed by atoms with Gasteiger partial charge >= 0.3 is 5.97 Å². The normalized spacial score (nSPS) is 11.2. The molecule has 17 heavy (non-hydrogen) atoms. The lowest BCUT2D eigenvalue weighted by Crippen LogP contribution is -1.85. The zero-order valence-electron chi connectivity index (χ0n) is 8.62. The number of hydrogen-bond acceptors (Lipinski definition) is 2. The van der Waals surface area contributed by atoms with E-state index in [4.69, 9.17) is 22.2 Å². The van der Waals surface area contributed by atoms with Gasteiger partial charge in [-0.15, -0.1) is 0 Å². The first-order valence-corrected chi connectivity index (χ1v) is 4.93. The number of azide groups is 1. The van der Waals surface area contributed by atoms with Gasteiger partial charge in [0.15, 0.2) is 0 Å². The van der Waals surface area contributed by atoms with Gasteiger partial charge in [-0.25, -0.2) is 4.79 Å². The molecule has 0 aliphatic heterocycles. The highest BCUT2D eigenvalue weighted by atomic mass is 35.5. The van der Waals surface area contributed by atoms with Crippen LogP contribution < -0.4 is 0 Å². The van der Waals surface area contributed by atoms with E-state index in [1.807, 2.05) is 0 Å². The van der Waals surface area contributed by atoms with Gasteiger partial charge in [0.05, 0.1) is 0 Å². The molecule has 6 heteroatoms. The number of benzene rings is 1. The van der Waals surface area contributed by atoms with E-state index in [1.54, 1.807) is 30.3 Å². The lowest BCUT2D eigenvalue weighted by Gasteiger charge is -1.95. The smallest absolute Gasteiger partial charge is 0.328 e. The number of hydrogen-bond donors (Lipinski definition) is 1. The van der Waals surface area contributed by atoms with Crippen LogP contribution in [-0.2, 0) is 4.79 Å². The van der Waals surface area contributed by atoms with Crippen molar-refractivity contribution in [3.05, 3.63) is 57.5 Å². The van der Waals surface area contributed by atoms with Crippen LogP contribution in [0.4, 0.5) is 5.69 Å². The average molecular weight is 250 g/mol. The molecule has 0 spiro atoms. The van der Waals surface area contributed by atoms with Crippen LogP contribution in [0.5, 0.6) is 0 Å². The van der Waals surface area contributed by atoms with Crippen molar-refractivity contribution in [1.82, 2.24) is 0 Å². The van der Waals surface area contributed by atoms with Crippen LogP contribution in [0.2, 0.25) is 0 Å². The molecule has 0 aliphatic rings. The molecule has 0 aromatic heterocycles. The summed E-state index contributed by atoms with van der Waals surface area (Å²) in [5.74, 6) is -1.06. The molecule has 0 fully saturated rings. The van der Waals surface area contributed by atoms with Crippen LogP contribution in [0.15, 0.2) is 46.6 Å². The molecule has 0 saturated heterocycles. The van der Waals surface area contributed by atoms with E-state index in [9.17, 15) is 4.79 Å². The summed E-state index contributed by atoms with van der Waals surface area (Å²) in [5.41, 5.74) is 9.50. The van der Waals surface area contributed by atoms with E-state index < -0.39 is 5.97 Å². The maximum atomic E-state index is 10.3. The molecular formula is C11H8ClN3O2. The van der Waals surface area contributed by atoms with E-state index in [1.165, 1.54) is 6.08 Å². The Morgan fingerprint density at radius 2 is 2.00 bits per heavy atom. The Morgan fingerprint density at radius 1 is 1.35 bits per heavy atom. The lowest BCUT2D eigenvalue weighted by molar-refractivity contribution is -0.131. The molecular weight excluding hydrogens is 242 g/mol. The van der Waals surface area contributed by atoms with E-state index in [0.29, 0.717) is 10.7 Å². The van der Waals surface area contributed by atoms with E-state index in [0.717, 1.165) is 11.6 Å². The summed E-state index contributed by atoms with van der Waals surface area (Å²) in [6, 6.07) is 6.69. The molecule has 5 nitrogen and oxygen atoms in total. The molecule has 86 valence electrons. The summed E-state index contributed by atoms with van der Waals surface area (Å²) >= 11 is 5.79. The predicted molar refractivity (Wildman–Crippen MR) is 65.9 cm³/mol. The fourth-order valence-corrected chi connectivity index (χ4v) is 1.24. The Morgan fingerprint density at radius 3 is 2.53 bits per heavy atom. The standard InChI is InChI=1S/C11H8ClN3O2/c12-9(3-6-11(16)17)7-8-1-4-10(5-2-8)14-15-13/h1-7H,(H,16,17). The summed E-state index contributed by atoms with van der Waals surface area (Å²) in [6.07, 6.45) is 3.83. The minimum absolute atomic E-state index is 0.295. The van der Waals surface area contributed by atoms with Gasteiger partial charge in [-0.1, -0.05) is 41.0 Å². The third kappa shape index (κ3) is 4.88. The first kappa shape index (κ1) is 12.8. The Hall–Kier alpha value is -2.23. The zero-order valence-corrected chi connectivity index (χ0v) is 9.37. The van der Waals surface area contributed by atoms with Gasteiger partial charge in [-0.05, 0) is 23.2 Å². The van der Waals surface area contributed by atoms with Gasteiger partial charge in [0, 0.05) is 21.7 Å². The zero-order chi connectivity index (χ0) is 12.7. The second-order valence-corrected chi connectivity index (χ2v) is 3.42. The number of carbonyl (C=O) groups is 1. The Bertz CT molecular complexity index is 514. The number of rotatable bonds is 4. The van der Waals surface area contributed by atoms with Crippen molar-refractivity contribution < 1.29 is 9.90 Å². The minimum atomic E-state index is -1.06. The number of nitrogens with zero attached hydrogens (tertiary/aromatic N) is 3. The number of carboxylic acid groups (broad SMARTS) is 1. The van der Waals surface area contributed by atoms with E-state index in [-0.39, 0.29) is 0 Å². The quantitative estimate of drug-likeness (QED) is 0.289. The van der Waals surface area contributed by atoms with Crippen LogP contribution >= 0.6 is 11.6 Å². The second-order valence-electron chi connectivity index (χ2n) is 2.98. The summed E-state index contributed by atoms with van der Waals surface area (Å²) in [4.78, 5) is 12.9. The van der Waals surface area contributed by atoms with Crippen LogP contribution in [-0.4, -0.2) is 11.1 Å². The van der Waals surface area contributed by atoms with Crippen LogP contribution in [0.3, 0.4) is 0 Å². The molecule has 0 radical (unpaired) electrons. The van der Waals surface area contributed by atoms with Gasteiger partial charge < -0.3 is 5.11 Å². The van der Waals surface area contributed by atoms with Gasteiger partial charge in [0.2, 0.25) is 0 Å². The Balaban J connectivity index is 2.84. The Labute approximate surface area is 102 Å². The fraction of sp³-hybridized carbons (Fsp3) is 0. The first-order chi connectivity index (χ1) is 8.11. The van der Waals surface area contributed by atoms with Crippen molar-refractivity contribution in [2.24, 2.45) is 5.11 Å². The topological polar surface area (TPSA) is 86.1 Å². The average Bonchev–Trinajstić information content (AvgIpc) is 2.29. The monoisotopic (exact) mass is 249 g/mol. The van der Waals surface area contributed by atoms with Crippen LogP contribution in [0.1, 0.15) is 5.56 Å². The number of aliphatic carboxylic acids is 1. The van der Waals surface area contributed by atoms with Gasteiger partial charge in [0.25, 0.3) is 0 Å². The molecule has 0 saturated carbocycles. The molecule has 1 rings (SSSR count). The number of allylic oxidation sites excluding steroid dienone is 2. The van der Waals surface area contributed by atoms with Crippen LogP contribution in [0, 0.1) is 0 Å². The molecule has 0 aliphatic carbocycles. The summed E-state index contributed by atoms with van der Waals surface area (Å²) in [5, 5.41) is 12.1. The van der Waals surface area contributed by atoms with Gasteiger partial charge in [0.1, 0.15) is 0 Å². The molecule has 1 aromatic carbocycles. The summed E-state index contributed by atoms with van der Waals surface area (Å²) in [6.45, 7) is 0. The van der Waals surface area contributed by atoms with Crippen molar-refractivity contribution in [2.45, 2.75) is 0 Å². The third-order valence-corrected chi connectivity index (χ3v) is 1.98.